The maximum atomic E-state index is 13.9. The van der Waals surface area contributed by atoms with E-state index in [1.807, 2.05) is 27.7 Å². The van der Waals surface area contributed by atoms with Gasteiger partial charge in [0, 0.05) is 97.1 Å². The molecule has 106 heavy (non-hydrogen) atoms. The van der Waals surface area contributed by atoms with Gasteiger partial charge in [-0.2, -0.15) is 26.3 Å². The number of fused-ring (bicyclic) bond motifs is 2. The molecule has 10 unspecified atom stereocenters. The van der Waals surface area contributed by atoms with Gasteiger partial charge in [0.05, 0.1) is 61.4 Å². The van der Waals surface area contributed by atoms with E-state index in [-0.39, 0.29) is 95.4 Å². The normalized spacial score (nSPS) is 21.6. The summed E-state index contributed by atoms with van der Waals surface area (Å²) in [5.41, 5.74) is -8.02. The summed E-state index contributed by atoms with van der Waals surface area (Å²) in [6.07, 6.45) is 3.04. The molecule has 0 spiro atoms. The molecule has 0 N–H and O–H groups in total. The Morgan fingerprint density at radius 2 is 0.623 bits per heavy atom. The quantitative estimate of drug-likeness (QED) is 0.0344. The topological polar surface area (TPSA) is 318 Å². The third-order valence-corrected chi connectivity index (χ3v) is 23.3. The predicted molar refractivity (Wildman–Crippen MR) is 334 cm³/mol. The number of hydrogen-bond acceptors (Lipinski definition) is 20. The molecule has 2 saturated heterocycles. The Balaban J connectivity index is 0.000000239. The number of esters is 2. The SMILES string of the molecule is COc1c(C)cc([S+](c2cc(F)cc(F)c2)c2cc(F)cc(F)c2)cc1C.COc1c(C)cc([S+](c2cc(F)cc(F)c2)c2cc(F)cc(F)c2)cc1C.O=C(CS(=O)(=O)[O-])OC1C2CC3COC1C3C2.O=C(CS(=O)(=O)[O-])OC1C2CC3COC1C3C2.O=S(=O)([O-])C(F)(F)F.O=S(=O)([O-])C(F)(F)F.[Na+].[Na+]. The number of halogens is 14. The molecule has 4 saturated carbocycles. The molecule has 6 fully saturated rings. The summed E-state index contributed by atoms with van der Waals surface area (Å²) in [6, 6.07) is 19.8. The monoisotopic (exact) mass is 1650 g/mol. The van der Waals surface area contributed by atoms with Crippen LogP contribution in [0.25, 0.3) is 0 Å². The number of hydrogen-bond donors (Lipinski definition) is 0. The molecule has 6 aliphatic rings. The molecular formula is C64H60F14Na2O20S6. The number of rotatable bonds is 14. The molecule has 4 aliphatic carbocycles. The van der Waals surface area contributed by atoms with Crippen LogP contribution in [-0.2, 0) is 90.8 Å². The first-order valence-corrected chi connectivity index (χ1v) is 38.5. The molecule has 2 aliphatic heterocycles. The fourth-order valence-corrected chi connectivity index (χ4v) is 18.5. The molecular weight excluding hydrogens is 1590 g/mol. The average molecular weight is 1650 g/mol. The first kappa shape index (κ1) is 91.7. The number of alkyl halides is 6. The number of aryl methyl sites for hydroxylation is 4. The van der Waals surface area contributed by atoms with Crippen LogP contribution in [0.15, 0.2) is 126 Å². The Hall–Kier alpha value is -4.86. The maximum absolute atomic E-state index is 13.9. The summed E-state index contributed by atoms with van der Waals surface area (Å²) in [5, 5.41) is 0. The van der Waals surface area contributed by atoms with Gasteiger partial charge in [-0.1, -0.05) is 0 Å². The van der Waals surface area contributed by atoms with Crippen molar-refractivity contribution in [3.63, 3.8) is 0 Å². The molecule has 10 atom stereocenters. The zero-order valence-corrected chi connectivity index (χ0v) is 65.5. The van der Waals surface area contributed by atoms with E-state index in [2.05, 4.69) is 0 Å². The summed E-state index contributed by atoms with van der Waals surface area (Å²) in [4.78, 5) is 25.2. The Morgan fingerprint density at radius 3 is 0.821 bits per heavy atom. The van der Waals surface area contributed by atoms with Gasteiger partial charge < -0.3 is 46.6 Å². The second-order valence-electron chi connectivity index (χ2n) is 24.2. The van der Waals surface area contributed by atoms with E-state index in [0.29, 0.717) is 77.8 Å². The number of ether oxygens (including phenoxy) is 6. The minimum Gasteiger partial charge on any atom is -0.748 e. The summed E-state index contributed by atoms with van der Waals surface area (Å²) in [7, 11) is -20.4. The molecule has 4 bridgehead atoms. The summed E-state index contributed by atoms with van der Waals surface area (Å²) in [6.45, 7) is 8.79. The molecule has 6 aromatic carbocycles. The molecule has 42 heteroatoms. The average Bonchev–Trinajstić information content (AvgIpc) is 1.58. The minimum atomic E-state index is -6.09. The van der Waals surface area contributed by atoms with Crippen LogP contribution < -0.4 is 68.6 Å². The molecule has 20 nitrogen and oxygen atoms in total. The van der Waals surface area contributed by atoms with Crippen molar-refractivity contribution >= 4 is 74.2 Å². The van der Waals surface area contributed by atoms with E-state index in [1.54, 1.807) is 38.5 Å². The van der Waals surface area contributed by atoms with Crippen molar-refractivity contribution in [1.29, 1.82) is 0 Å². The zero-order valence-electron chi connectivity index (χ0n) is 56.6. The van der Waals surface area contributed by atoms with Crippen molar-refractivity contribution in [2.24, 2.45) is 35.5 Å². The Bertz CT molecular complexity index is 4120. The van der Waals surface area contributed by atoms with Crippen molar-refractivity contribution in [2.45, 2.75) is 118 Å². The smallest absolute Gasteiger partial charge is 0.748 e. The van der Waals surface area contributed by atoms with Crippen LogP contribution in [0.1, 0.15) is 47.9 Å². The van der Waals surface area contributed by atoms with Crippen LogP contribution in [0.2, 0.25) is 0 Å². The largest absolute Gasteiger partial charge is 1.00 e. The van der Waals surface area contributed by atoms with Crippen LogP contribution >= 0.6 is 0 Å². The van der Waals surface area contributed by atoms with Crippen LogP contribution in [0.5, 0.6) is 11.5 Å². The molecule has 0 aromatic heterocycles. The van der Waals surface area contributed by atoms with Gasteiger partial charge in [-0.15, -0.1) is 0 Å². The number of carbonyl (C=O) groups excluding carboxylic acids is 2. The first-order valence-electron chi connectivity index (χ1n) is 30.1. The van der Waals surface area contributed by atoms with Gasteiger partial charge in [0.15, 0.2) is 49.6 Å². The minimum absolute atomic E-state index is 0. The molecule has 572 valence electrons. The van der Waals surface area contributed by atoms with E-state index in [9.17, 15) is 97.0 Å². The van der Waals surface area contributed by atoms with Crippen LogP contribution in [-0.4, -0.2) is 138 Å². The zero-order chi connectivity index (χ0) is 77.8. The van der Waals surface area contributed by atoms with Crippen LogP contribution in [0.4, 0.5) is 61.5 Å². The van der Waals surface area contributed by atoms with Crippen LogP contribution in [0, 0.1) is 110 Å². The summed E-state index contributed by atoms with van der Waals surface area (Å²) in [5.74, 6) is -6.10. The Morgan fingerprint density at radius 1 is 0.406 bits per heavy atom. The van der Waals surface area contributed by atoms with E-state index in [1.165, 1.54) is 48.5 Å². The molecule has 0 radical (unpaired) electrons. The third kappa shape index (κ3) is 24.6. The van der Waals surface area contributed by atoms with Gasteiger partial charge in [0.1, 0.15) is 102 Å². The van der Waals surface area contributed by atoms with Gasteiger partial charge in [-0.05, 0) is 111 Å². The first-order chi connectivity index (χ1) is 47.9. The number of carbonyl (C=O) groups is 2. The van der Waals surface area contributed by atoms with Crippen molar-refractivity contribution in [1.82, 2.24) is 0 Å². The van der Waals surface area contributed by atoms with Crippen molar-refractivity contribution in [3.05, 3.63) is 166 Å². The van der Waals surface area contributed by atoms with Gasteiger partial charge in [-0.25, -0.2) is 68.8 Å². The fraction of sp³-hybridized carbons (Fsp3) is 0.406. The van der Waals surface area contributed by atoms with E-state index in [4.69, 9.17) is 54.4 Å². The third-order valence-electron chi connectivity index (χ3n) is 16.7. The van der Waals surface area contributed by atoms with Gasteiger partial charge >= 0.3 is 82.1 Å². The molecule has 0 amide bonds. The van der Waals surface area contributed by atoms with Gasteiger partial charge in [0.25, 0.3) is 0 Å². The van der Waals surface area contributed by atoms with Crippen molar-refractivity contribution < 1.29 is 210 Å². The van der Waals surface area contributed by atoms with Gasteiger partial charge in [-0.3, -0.25) is 9.59 Å². The Labute approximate surface area is 649 Å². The summed E-state index contributed by atoms with van der Waals surface area (Å²) < 4.78 is 323. The van der Waals surface area contributed by atoms with Crippen molar-refractivity contribution in [2.75, 3.05) is 38.9 Å². The molecule has 12 rings (SSSR count). The van der Waals surface area contributed by atoms with Gasteiger partial charge in [0.2, 0.25) is 0 Å². The fourth-order valence-electron chi connectivity index (χ4n) is 13.1. The van der Waals surface area contributed by atoms with Crippen LogP contribution in [0.3, 0.4) is 0 Å². The summed E-state index contributed by atoms with van der Waals surface area (Å²) >= 11 is 0. The standard InChI is InChI=1S/2C21H17F4OS.2C10H14O6S.2CHF3O3S.2Na/c2*1-12-4-18(5-13(2)21(12)26-3)27(19-8-14(22)6-15(23)9-19)20-10-16(24)7-17(25)11-20;2*11-8(4-17(12,13)14)16-9-5-1-6-3-15-10(9)7(6)2-5;2*2-1(3,4)8(5,6)7;;/h2*4-11H,1-3H3;2*5-7,9-10H,1-4H2,(H,12,13,14);2*(H,5,6,7);;/q2*+1;;;;;2*+1/p-4. The second kappa shape index (κ2) is 37.0. The predicted octanol–water partition coefficient (Wildman–Crippen LogP) is 5.03. The molecule has 6 aromatic rings. The maximum Gasteiger partial charge on any atom is 1.00 e. The van der Waals surface area contributed by atoms with E-state index in [0.717, 1.165) is 72.2 Å². The number of benzene rings is 6. The molecule has 2 heterocycles. The van der Waals surface area contributed by atoms with E-state index >= 15 is 0 Å². The van der Waals surface area contributed by atoms with E-state index < -0.39 is 143 Å². The Kier molecular flexibility index (Phi) is 32.0. The second-order valence-corrected chi connectivity index (χ2v) is 33.8. The number of methoxy groups -OCH3 is 2. The van der Waals surface area contributed by atoms with Crippen molar-refractivity contribution in [3.8, 4) is 11.5 Å².